The van der Waals surface area contributed by atoms with Gasteiger partial charge >= 0.3 is 0 Å². The average molecular weight is 293 g/mol. The molecule has 0 spiro atoms. The molecule has 5 nitrogen and oxygen atoms in total. The largest absolute Gasteiger partial charge is 0.361 e. The molecule has 1 atom stereocenters. The van der Waals surface area contributed by atoms with Crippen LogP contribution in [-0.2, 0) is 11.2 Å². The molecule has 1 aliphatic heterocycles. The van der Waals surface area contributed by atoms with Crippen molar-refractivity contribution in [1.29, 1.82) is 0 Å². The average Bonchev–Trinajstić information content (AvgIpc) is 2.80. The second kappa shape index (κ2) is 7.59. The molecule has 1 aromatic rings. The fraction of sp³-hybridized carbons (Fsp3) is 0.750. The summed E-state index contributed by atoms with van der Waals surface area (Å²) in [5, 5.41) is 7.36. The van der Waals surface area contributed by atoms with E-state index in [2.05, 4.69) is 17.4 Å². The number of nitrogens with one attached hydrogen (secondary N) is 1. The minimum absolute atomic E-state index is 0.192. The summed E-state index contributed by atoms with van der Waals surface area (Å²) in [5.41, 5.74) is 1.78. The van der Waals surface area contributed by atoms with E-state index in [9.17, 15) is 4.79 Å². The molecule has 1 aliphatic rings. The monoisotopic (exact) mass is 293 g/mol. The predicted octanol–water partition coefficient (Wildman–Crippen LogP) is 2.07. The third kappa shape index (κ3) is 4.30. The summed E-state index contributed by atoms with van der Waals surface area (Å²) >= 11 is 0. The zero-order valence-electron chi connectivity index (χ0n) is 13.4. The van der Waals surface area contributed by atoms with Gasteiger partial charge in [0.2, 0.25) is 5.91 Å². The van der Waals surface area contributed by atoms with E-state index in [0.29, 0.717) is 12.3 Å². The minimum Gasteiger partial charge on any atom is -0.361 e. The normalized spacial score (nSPS) is 18.7. The van der Waals surface area contributed by atoms with E-state index < -0.39 is 0 Å². The topological polar surface area (TPSA) is 58.4 Å². The van der Waals surface area contributed by atoms with Gasteiger partial charge in [0.1, 0.15) is 5.76 Å². The molecule has 1 saturated heterocycles. The van der Waals surface area contributed by atoms with E-state index in [1.165, 1.54) is 12.8 Å². The Kier molecular flexibility index (Phi) is 5.79. The Morgan fingerprint density at radius 1 is 1.48 bits per heavy atom. The smallest absolute Gasteiger partial charge is 0.227 e. The number of rotatable bonds is 6. The van der Waals surface area contributed by atoms with Gasteiger partial charge in [-0.05, 0) is 52.1 Å². The van der Waals surface area contributed by atoms with Crippen molar-refractivity contribution < 1.29 is 9.32 Å². The van der Waals surface area contributed by atoms with Crippen molar-refractivity contribution in [3.63, 3.8) is 0 Å². The second-order valence-corrected chi connectivity index (χ2v) is 6.03. The van der Waals surface area contributed by atoms with Crippen LogP contribution in [0.5, 0.6) is 0 Å². The van der Waals surface area contributed by atoms with Crippen molar-refractivity contribution in [2.75, 3.05) is 26.2 Å². The van der Waals surface area contributed by atoms with E-state index in [1.54, 1.807) is 0 Å². The Morgan fingerprint density at radius 3 is 2.86 bits per heavy atom. The van der Waals surface area contributed by atoms with Crippen LogP contribution < -0.4 is 5.32 Å². The summed E-state index contributed by atoms with van der Waals surface area (Å²) in [5.74, 6) is 1.53. The third-order valence-corrected chi connectivity index (χ3v) is 4.23. The van der Waals surface area contributed by atoms with Gasteiger partial charge < -0.3 is 14.7 Å². The fourth-order valence-corrected chi connectivity index (χ4v) is 3.00. The lowest BCUT2D eigenvalue weighted by Gasteiger charge is -2.30. The van der Waals surface area contributed by atoms with Gasteiger partial charge in [-0.15, -0.1) is 0 Å². The molecule has 1 amide bonds. The molecule has 5 heteroatoms. The van der Waals surface area contributed by atoms with Gasteiger partial charge in [0.05, 0.1) is 12.1 Å². The highest BCUT2D eigenvalue weighted by atomic mass is 16.5. The Labute approximate surface area is 127 Å². The third-order valence-electron chi connectivity index (χ3n) is 4.23. The zero-order chi connectivity index (χ0) is 15.2. The van der Waals surface area contributed by atoms with Crippen molar-refractivity contribution in [2.24, 2.45) is 5.92 Å². The molecular formula is C16H27N3O2. The van der Waals surface area contributed by atoms with E-state index in [0.717, 1.165) is 49.6 Å². The molecule has 2 rings (SSSR count). The molecule has 1 unspecified atom stereocenters. The van der Waals surface area contributed by atoms with Crippen molar-refractivity contribution in [2.45, 2.75) is 46.5 Å². The van der Waals surface area contributed by atoms with Crippen molar-refractivity contribution in [3.8, 4) is 0 Å². The van der Waals surface area contributed by atoms with Gasteiger partial charge in [-0.1, -0.05) is 12.1 Å². The first-order chi connectivity index (χ1) is 10.1. The van der Waals surface area contributed by atoms with Crippen molar-refractivity contribution in [1.82, 2.24) is 15.4 Å². The van der Waals surface area contributed by atoms with Gasteiger partial charge in [-0.25, -0.2) is 0 Å². The molecular weight excluding hydrogens is 266 g/mol. The molecule has 1 fully saturated rings. The maximum Gasteiger partial charge on any atom is 0.227 e. The lowest BCUT2D eigenvalue weighted by atomic mass is 9.98. The van der Waals surface area contributed by atoms with Gasteiger partial charge in [0.15, 0.2) is 0 Å². The van der Waals surface area contributed by atoms with Gasteiger partial charge in [0, 0.05) is 18.7 Å². The van der Waals surface area contributed by atoms with Crippen LogP contribution in [0.1, 0.15) is 43.2 Å². The quantitative estimate of drug-likeness (QED) is 0.872. The maximum atomic E-state index is 12.6. The number of piperidine rings is 1. The SMILES string of the molecule is CCCN(CC1CCCNC1)C(=O)Cc1c(C)noc1C. The highest BCUT2D eigenvalue weighted by Gasteiger charge is 2.22. The number of amides is 1. The van der Waals surface area contributed by atoms with Crippen molar-refractivity contribution >= 4 is 5.91 Å². The molecule has 2 heterocycles. The van der Waals surface area contributed by atoms with Crippen LogP contribution in [0, 0.1) is 19.8 Å². The first kappa shape index (κ1) is 16.0. The number of carbonyl (C=O) groups is 1. The highest BCUT2D eigenvalue weighted by Crippen LogP contribution is 2.16. The first-order valence-corrected chi connectivity index (χ1v) is 8.02. The van der Waals surface area contributed by atoms with Crippen LogP contribution in [0.2, 0.25) is 0 Å². The summed E-state index contributed by atoms with van der Waals surface area (Å²) in [6.45, 7) is 9.72. The van der Waals surface area contributed by atoms with Crippen LogP contribution in [0.25, 0.3) is 0 Å². The van der Waals surface area contributed by atoms with Crippen LogP contribution in [0.3, 0.4) is 0 Å². The molecule has 0 aliphatic carbocycles. The molecule has 0 saturated carbocycles. The maximum absolute atomic E-state index is 12.6. The van der Waals surface area contributed by atoms with E-state index in [4.69, 9.17) is 4.52 Å². The molecule has 1 aromatic heterocycles. The van der Waals surface area contributed by atoms with Crippen LogP contribution in [-0.4, -0.2) is 42.1 Å². The molecule has 0 bridgehead atoms. The van der Waals surface area contributed by atoms with E-state index >= 15 is 0 Å². The molecule has 0 aromatic carbocycles. The summed E-state index contributed by atoms with van der Waals surface area (Å²) in [6.07, 6.45) is 3.82. The van der Waals surface area contributed by atoms with Crippen LogP contribution in [0.15, 0.2) is 4.52 Å². The Bertz CT molecular complexity index is 445. The summed E-state index contributed by atoms with van der Waals surface area (Å²) in [7, 11) is 0. The number of carbonyl (C=O) groups excluding carboxylic acids is 1. The highest BCUT2D eigenvalue weighted by molar-refractivity contribution is 5.79. The summed E-state index contributed by atoms with van der Waals surface area (Å²) in [4.78, 5) is 14.6. The Balaban J connectivity index is 1.97. The standard InChI is InChI=1S/C16H27N3O2/c1-4-8-19(11-14-6-5-7-17-10-14)16(20)9-15-12(2)18-21-13(15)3/h14,17H,4-11H2,1-3H3. The van der Waals surface area contributed by atoms with E-state index in [1.807, 2.05) is 18.7 Å². The molecule has 118 valence electrons. The second-order valence-electron chi connectivity index (χ2n) is 6.03. The first-order valence-electron chi connectivity index (χ1n) is 8.02. The zero-order valence-corrected chi connectivity index (χ0v) is 13.4. The Morgan fingerprint density at radius 2 is 2.29 bits per heavy atom. The number of nitrogens with zero attached hydrogens (tertiary/aromatic N) is 2. The number of hydrogen-bond donors (Lipinski definition) is 1. The Hall–Kier alpha value is -1.36. The predicted molar refractivity (Wildman–Crippen MR) is 82.1 cm³/mol. The van der Waals surface area contributed by atoms with Crippen molar-refractivity contribution in [3.05, 3.63) is 17.0 Å². The minimum atomic E-state index is 0.192. The lowest BCUT2D eigenvalue weighted by Crippen LogP contribution is -2.42. The van der Waals surface area contributed by atoms with Gasteiger partial charge in [-0.2, -0.15) is 0 Å². The summed E-state index contributed by atoms with van der Waals surface area (Å²) < 4.78 is 5.16. The van der Waals surface area contributed by atoms with Gasteiger partial charge in [0.25, 0.3) is 0 Å². The fourth-order valence-electron chi connectivity index (χ4n) is 3.00. The summed E-state index contributed by atoms with van der Waals surface area (Å²) in [6, 6.07) is 0. The van der Waals surface area contributed by atoms with Crippen LogP contribution in [0.4, 0.5) is 0 Å². The molecule has 21 heavy (non-hydrogen) atoms. The van der Waals surface area contributed by atoms with Crippen LogP contribution >= 0.6 is 0 Å². The van der Waals surface area contributed by atoms with Gasteiger partial charge in [-0.3, -0.25) is 4.79 Å². The molecule has 1 N–H and O–H groups in total. The van der Waals surface area contributed by atoms with E-state index in [-0.39, 0.29) is 5.91 Å². The number of hydrogen-bond acceptors (Lipinski definition) is 4. The number of aromatic nitrogens is 1. The lowest BCUT2D eigenvalue weighted by molar-refractivity contribution is -0.131. The number of aryl methyl sites for hydroxylation is 2. The molecule has 0 radical (unpaired) electrons.